The lowest BCUT2D eigenvalue weighted by molar-refractivity contribution is -0.138. The fraction of sp³-hybridized carbons (Fsp3) is 0.211. The van der Waals surface area contributed by atoms with Gasteiger partial charge in [-0.1, -0.05) is 18.2 Å². The number of ether oxygens (including phenoxy) is 4. The molecule has 2 aromatic rings. The minimum absolute atomic E-state index is 0.184. The van der Waals surface area contributed by atoms with Crippen molar-refractivity contribution in [3.8, 4) is 17.2 Å². The van der Waals surface area contributed by atoms with Crippen molar-refractivity contribution in [1.82, 2.24) is 0 Å². The first kappa shape index (κ1) is 15.9. The van der Waals surface area contributed by atoms with E-state index in [-0.39, 0.29) is 13.4 Å². The largest absolute Gasteiger partial charge is 0.494 e. The molecule has 0 aromatic heterocycles. The highest BCUT2D eigenvalue weighted by molar-refractivity contribution is 5.87. The Morgan fingerprint density at radius 3 is 2.71 bits per heavy atom. The van der Waals surface area contributed by atoms with Crippen molar-refractivity contribution in [3.63, 3.8) is 0 Å². The molecular formula is C19H18O5. The summed E-state index contributed by atoms with van der Waals surface area (Å²) < 4.78 is 21.1. The van der Waals surface area contributed by atoms with E-state index in [2.05, 4.69) is 0 Å². The molecule has 24 heavy (non-hydrogen) atoms. The topological polar surface area (TPSA) is 54.0 Å². The second-order valence-corrected chi connectivity index (χ2v) is 5.13. The smallest absolute Gasteiger partial charge is 0.331 e. The lowest BCUT2D eigenvalue weighted by atomic mass is 10.2. The van der Waals surface area contributed by atoms with Crippen molar-refractivity contribution < 1.29 is 23.7 Å². The molecule has 0 spiro atoms. The summed E-state index contributed by atoms with van der Waals surface area (Å²) in [5.41, 5.74) is 1.75. The van der Waals surface area contributed by atoms with Crippen LogP contribution < -0.4 is 14.2 Å². The summed E-state index contributed by atoms with van der Waals surface area (Å²) in [6.45, 7) is 2.97. The number of hydrogen-bond acceptors (Lipinski definition) is 5. The summed E-state index contributed by atoms with van der Waals surface area (Å²) in [5.74, 6) is 1.79. The Kier molecular flexibility index (Phi) is 5.01. The molecule has 5 heteroatoms. The first-order chi connectivity index (χ1) is 11.7. The monoisotopic (exact) mass is 326 g/mol. The Balaban J connectivity index is 1.51. The first-order valence-corrected chi connectivity index (χ1v) is 7.71. The summed E-state index contributed by atoms with van der Waals surface area (Å²) in [7, 11) is 0. The minimum atomic E-state index is -0.401. The molecule has 0 bridgehead atoms. The van der Waals surface area contributed by atoms with Gasteiger partial charge in [0.05, 0.1) is 6.61 Å². The van der Waals surface area contributed by atoms with E-state index >= 15 is 0 Å². The molecule has 124 valence electrons. The van der Waals surface area contributed by atoms with Gasteiger partial charge in [-0.3, -0.25) is 0 Å². The van der Waals surface area contributed by atoms with Crippen LogP contribution in [0.3, 0.4) is 0 Å². The molecule has 0 aliphatic carbocycles. The average molecular weight is 326 g/mol. The normalized spacial score (nSPS) is 12.4. The van der Waals surface area contributed by atoms with Gasteiger partial charge in [-0.05, 0) is 48.4 Å². The predicted molar refractivity (Wildman–Crippen MR) is 89.0 cm³/mol. The zero-order chi connectivity index (χ0) is 16.8. The Hall–Kier alpha value is -2.95. The first-order valence-electron chi connectivity index (χ1n) is 7.71. The second-order valence-electron chi connectivity index (χ2n) is 5.13. The third kappa shape index (κ3) is 4.07. The van der Waals surface area contributed by atoms with E-state index in [0.717, 1.165) is 16.9 Å². The van der Waals surface area contributed by atoms with Gasteiger partial charge in [-0.15, -0.1) is 0 Å². The van der Waals surface area contributed by atoms with Crippen LogP contribution in [0.25, 0.3) is 6.08 Å². The molecule has 0 radical (unpaired) electrons. The van der Waals surface area contributed by atoms with Crippen LogP contribution >= 0.6 is 0 Å². The van der Waals surface area contributed by atoms with Crippen molar-refractivity contribution in [1.29, 1.82) is 0 Å². The van der Waals surface area contributed by atoms with Crippen LogP contribution in [0.15, 0.2) is 48.5 Å². The van der Waals surface area contributed by atoms with E-state index in [9.17, 15) is 4.79 Å². The van der Waals surface area contributed by atoms with E-state index < -0.39 is 5.97 Å². The second kappa shape index (κ2) is 7.55. The highest BCUT2D eigenvalue weighted by Gasteiger charge is 2.13. The van der Waals surface area contributed by atoms with Gasteiger partial charge in [0.2, 0.25) is 6.79 Å². The number of benzene rings is 2. The summed E-state index contributed by atoms with van der Waals surface area (Å²) in [5, 5.41) is 0. The fourth-order valence-electron chi connectivity index (χ4n) is 2.24. The van der Waals surface area contributed by atoms with Crippen molar-refractivity contribution in [2.45, 2.75) is 13.5 Å². The Bertz CT molecular complexity index is 734. The minimum Gasteiger partial charge on any atom is -0.494 e. The molecule has 2 aromatic carbocycles. The molecule has 5 nitrogen and oxygen atoms in total. The van der Waals surface area contributed by atoms with E-state index in [1.807, 2.05) is 43.3 Å². The maximum Gasteiger partial charge on any atom is 0.331 e. The molecule has 1 aliphatic heterocycles. The molecule has 0 amide bonds. The number of carbonyl (C=O) groups is 1. The van der Waals surface area contributed by atoms with Gasteiger partial charge in [0.1, 0.15) is 12.4 Å². The molecule has 0 N–H and O–H groups in total. The van der Waals surface area contributed by atoms with Crippen LogP contribution in [-0.2, 0) is 16.1 Å². The summed E-state index contributed by atoms with van der Waals surface area (Å²) in [6, 6.07) is 12.9. The van der Waals surface area contributed by atoms with E-state index in [1.165, 1.54) is 6.08 Å². The van der Waals surface area contributed by atoms with E-state index in [1.54, 1.807) is 12.1 Å². The third-order valence-electron chi connectivity index (χ3n) is 3.42. The van der Waals surface area contributed by atoms with Crippen LogP contribution in [0.2, 0.25) is 0 Å². The van der Waals surface area contributed by atoms with Gasteiger partial charge in [0.25, 0.3) is 0 Å². The molecule has 1 aliphatic rings. The zero-order valence-corrected chi connectivity index (χ0v) is 13.4. The summed E-state index contributed by atoms with van der Waals surface area (Å²) in [6.07, 6.45) is 3.11. The van der Waals surface area contributed by atoms with E-state index in [4.69, 9.17) is 18.9 Å². The van der Waals surface area contributed by atoms with Crippen LogP contribution in [0.1, 0.15) is 18.1 Å². The van der Waals surface area contributed by atoms with Gasteiger partial charge >= 0.3 is 5.97 Å². The molecule has 0 saturated heterocycles. The number of carbonyl (C=O) groups excluding carboxylic acids is 1. The average Bonchev–Trinajstić information content (AvgIpc) is 3.07. The standard InChI is InChI=1S/C19H18O5/c1-2-21-16-7-3-14(4-8-16)6-10-19(20)22-12-15-5-9-17-18(11-15)24-13-23-17/h3-11H,2,12-13H2,1H3/b10-6+. The van der Waals surface area contributed by atoms with Crippen molar-refractivity contribution in [2.24, 2.45) is 0 Å². The summed E-state index contributed by atoms with van der Waals surface area (Å²) in [4.78, 5) is 11.8. The van der Waals surface area contributed by atoms with Crippen LogP contribution in [0, 0.1) is 0 Å². The van der Waals surface area contributed by atoms with Gasteiger partial charge in [0, 0.05) is 6.08 Å². The van der Waals surface area contributed by atoms with Gasteiger partial charge in [0.15, 0.2) is 11.5 Å². The molecular weight excluding hydrogens is 308 g/mol. The van der Waals surface area contributed by atoms with Crippen molar-refractivity contribution in [3.05, 3.63) is 59.7 Å². The third-order valence-corrected chi connectivity index (χ3v) is 3.42. The summed E-state index contributed by atoms with van der Waals surface area (Å²) >= 11 is 0. The fourth-order valence-corrected chi connectivity index (χ4v) is 2.24. The van der Waals surface area contributed by atoms with Crippen LogP contribution in [-0.4, -0.2) is 19.4 Å². The maximum absolute atomic E-state index is 11.8. The lowest BCUT2D eigenvalue weighted by Crippen LogP contribution is -2.00. The van der Waals surface area contributed by atoms with Gasteiger partial charge < -0.3 is 18.9 Å². The van der Waals surface area contributed by atoms with Crippen LogP contribution in [0.4, 0.5) is 0 Å². The van der Waals surface area contributed by atoms with Crippen molar-refractivity contribution >= 4 is 12.0 Å². The molecule has 3 rings (SSSR count). The quantitative estimate of drug-likeness (QED) is 0.600. The Labute approximate surface area is 140 Å². The molecule has 0 fully saturated rings. The highest BCUT2D eigenvalue weighted by Crippen LogP contribution is 2.32. The van der Waals surface area contributed by atoms with Crippen molar-refractivity contribution in [2.75, 3.05) is 13.4 Å². The number of esters is 1. The Morgan fingerprint density at radius 1 is 1.12 bits per heavy atom. The lowest BCUT2D eigenvalue weighted by Gasteiger charge is -2.04. The highest BCUT2D eigenvalue weighted by atomic mass is 16.7. The molecule has 0 saturated carbocycles. The molecule has 1 heterocycles. The SMILES string of the molecule is CCOc1ccc(/C=C/C(=O)OCc2ccc3c(c2)OCO3)cc1. The van der Waals surface area contributed by atoms with Gasteiger partial charge in [-0.25, -0.2) is 4.79 Å². The number of hydrogen-bond donors (Lipinski definition) is 0. The molecule has 0 atom stereocenters. The van der Waals surface area contributed by atoms with Gasteiger partial charge in [-0.2, -0.15) is 0 Å². The van der Waals surface area contributed by atoms with E-state index in [0.29, 0.717) is 18.1 Å². The zero-order valence-electron chi connectivity index (χ0n) is 13.4. The number of rotatable bonds is 6. The molecule has 0 unspecified atom stereocenters. The predicted octanol–water partition coefficient (Wildman–Crippen LogP) is 3.57. The van der Waals surface area contributed by atoms with Crippen LogP contribution in [0.5, 0.6) is 17.2 Å². The maximum atomic E-state index is 11.8. The number of fused-ring (bicyclic) bond motifs is 1. The Morgan fingerprint density at radius 2 is 1.92 bits per heavy atom.